The quantitative estimate of drug-likeness (QED) is 0.826. The van der Waals surface area contributed by atoms with Crippen LogP contribution in [0.5, 0.6) is 0 Å². The third-order valence-electron chi connectivity index (χ3n) is 3.99. The van der Waals surface area contributed by atoms with Crippen LogP contribution in [0, 0.1) is 5.92 Å². The molecule has 0 radical (unpaired) electrons. The molecule has 1 aromatic rings. The lowest BCUT2D eigenvalue weighted by Crippen LogP contribution is -2.39. The number of hydrogen-bond acceptors (Lipinski definition) is 2. The average molecular weight is 306 g/mol. The van der Waals surface area contributed by atoms with Gasteiger partial charge in [0.2, 0.25) is 0 Å². The first-order chi connectivity index (χ1) is 8.63. The molecule has 18 heavy (non-hydrogen) atoms. The zero-order valence-corrected chi connectivity index (χ0v) is 12.2. The lowest BCUT2D eigenvalue weighted by atomic mass is 9.94. The summed E-state index contributed by atoms with van der Waals surface area (Å²) in [5.74, 6) is 0.726. The first kappa shape index (κ1) is 12.9. The molecule has 3 rings (SSSR count). The van der Waals surface area contributed by atoms with Crippen molar-refractivity contribution in [2.75, 3.05) is 25.0 Å². The second-order valence-corrected chi connectivity index (χ2v) is 6.36. The van der Waals surface area contributed by atoms with E-state index in [4.69, 9.17) is 34.8 Å². The maximum atomic E-state index is 6.21. The van der Waals surface area contributed by atoms with Crippen LogP contribution in [-0.4, -0.2) is 30.6 Å². The van der Waals surface area contributed by atoms with E-state index in [9.17, 15) is 0 Å². The number of hydrogen-bond donors (Lipinski definition) is 1. The van der Waals surface area contributed by atoms with Crippen LogP contribution in [0.2, 0.25) is 15.1 Å². The Hall–Kier alpha value is -0.150. The Morgan fingerprint density at radius 3 is 2.56 bits per heavy atom. The lowest BCUT2D eigenvalue weighted by Gasteiger charge is -2.32. The van der Waals surface area contributed by atoms with Crippen LogP contribution < -0.4 is 5.32 Å². The Morgan fingerprint density at radius 2 is 1.72 bits per heavy atom. The van der Waals surface area contributed by atoms with E-state index in [1.165, 1.54) is 32.5 Å². The second kappa shape index (κ2) is 5.09. The summed E-state index contributed by atoms with van der Waals surface area (Å²) in [4.78, 5) is 2.53. The highest BCUT2D eigenvalue weighted by molar-refractivity contribution is 6.44. The summed E-state index contributed by atoms with van der Waals surface area (Å²) in [6, 6.07) is 4.03. The fourth-order valence-corrected chi connectivity index (χ4v) is 3.58. The molecule has 0 amide bonds. The van der Waals surface area contributed by atoms with E-state index in [-0.39, 0.29) is 0 Å². The topological polar surface area (TPSA) is 15.3 Å². The molecule has 98 valence electrons. The molecule has 0 saturated carbocycles. The monoisotopic (exact) mass is 304 g/mol. The van der Waals surface area contributed by atoms with Crippen LogP contribution in [0.25, 0.3) is 0 Å². The van der Waals surface area contributed by atoms with Crippen molar-refractivity contribution in [2.24, 2.45) is 5.92 Å². The van der Waals surface area contributed by atoms with E-state index in [0.29, 0.717) is 21.1 Å². The van der Waals surface area contributed by atoms with Crippen molar-refractivity contribution in [2.45, 2.75) is 18.9 Å². The number of nitrogens with zero attached hydrogens (tertiary/aromatic N) is 1. The first-order valence-corrected chi connectivity index (χ1v) is 7.40. The standard InChI is InChI=1S/C13H15Cl3N2/c14-9-5-11(16)13(6-10(9)15)17-12-2-4-18-3-1-8(12)7-18/h5-6,8,12,17H,1-4,7H2. The Kier molecular flexibility index (Phi) is 3.63. The van der Waals surface area contributed by atoms with Crippen molar-refractivity contribution < 1.29 is 0 Å². The number of nitrogens with one attached hydrogen (secondary N) is 1. The van der Waals surface area contributed by atoms with E-state index in [1.54, 1.807) is 6.07 Å². The smallest absolute Gasteiger partial charge is 0.0653 e. The second-order valence-electron chi connectivity index (χ2n) is 5.14. The molecule has 0 spiro atoms. The van der Waals surface area contributed by atoms with Crippen molar-refractivity contribution in [3.63, 3.8) is 0 Å². The van der Waals surface area contributed by atoms with Crippen molar-refractivity contribution in [1.29, 1.82) is 0 Å². The number of rotatable bonds is 2. The maximum absolute atomic E-state index is 6.21. The molecule has 2 aliphatic rings. The van der Waals surface area contributed by atoms with Gasteiger partial charge in [-0.05, 0) is 37.4 Å². The van der Waals surface area contributed by atoms with Gasteiger partial charge in [-0.2, -0.15) is 0 Å². The van der Waals surface area contributed by atoms with Gasteiger partial charge in [0.1, 0.15) is 0 Å². The molecular formula is C13H15Cl3N2. The third kappa shape index (κ3) is 2.44. The summed E-state index contributed by atoms with van der Waals surface area (Å²) in [5, 5.41) is 5.24. The van der Waals surface area contributed by atoms with Gasteiger partial charge >= 0.3 is 0 Å². The van der Waals surface area contributed by atoms with Gasteiger partial charge in [0.15, 0.2) is 0 Å². The fraction of sp³-hybridized carbons (Fsp3) is 0.538. The number of piperidine rings is 1. The molecule has 2 heterocycles. The highest BCUT2D eigenvalue weighted by atomic mass is 35.5. The highest BCUT2D eigenvalue weighted by Gasteiger charge is 2.34. The predicted octanol–water partition coefficient (Wildman–Crippen LogP) is 4.15. The van der Waals surface area contributed by atoms with Crippen molar-refractivity contribution >= 4 is 40.5 Å². The molecule has 1 N–H and O–H groups in total. The molecule has 2 fully saturated rings. The minimum absolute atomic E-state index is 0.499. The van der Waals surface area contributed by atoms with Gasteiger partial charge in [-0.3, -0.25) is 0 Å². The molecule has 2 nitrogen and oxygen atoms in total. The molecule has 2 bridgehead atoms. The van der Waals surface area contributed by atoms with Crippen molar-refractivity contribution in [3.8, 4) is 0 Å². The van der Waals surface area contributed by atoms with Crippen LogP contribution in [0.1, 0.15) is 12.8 Å². The van der Waals surface area contributed by atoms with Gasteiger partial charge in [0.25, 0.3) is 0 Å². The number of anilines is 1. The fourth-order valence-electron chi connectivity index (χ4n) is 2.97. The lowest BCUT2D eigenvalue weighted by molar-refractivity contribution is 0.255. The van der Waals surface area contributed by atoms with Gasteiger partial charge in [-0.1, -0.05) is 34.8 Å². The van der Waals surface area contributed by atoms with E-state index < -0.39 is 0 Å². The molecule has 3 unspecified atom stereocenters. The van der Waals surface area contributed by atoms with Gasteiger partial charge in [-0.15, -0.1) is 0 Å². The minimum Gasteiger partial charge on any atom is -0.381 e. The van der Waals surface area contributed by atoms with Crippen LogP contribution in [0.4, 0.5) is 5.69 Å². The van der Waals surface area contributed by atoms with Crippen LogP contribution in [0.3, 0.4) is 0 Å². The number of fused-ring (bicyclic) bond motifs is 2. The van der Waals surface area contributed by atoms with E-state index >= 15 is 0 Å². The van der Waals surface area contributed by atoms with E-state index in [1.807, 2.05) is 6.07 Å². The van der Waals surface area contributed by atoms with Crippen LogP contribution >= 0.6 is 34.8 Å². The molecule has 0 aliphatic carbocycles. The van der Waals surface area contributed by atoms with Crippen molar-refractivity contribution in [3.05, 3.63) is 27.2 Å². The van der Waals surface area contributed by atoms with Crippen molar-refractivity contribution in [1.82, 2.24) is 4.90 Å². The van der Waals surface area contributed by atoms with Gasteiger partial charge < -0.3 is 10.2 Å². The minimum atomic E-state index is 0.499. The number of halogens is 3. The summed E-state index contributed by atoms with van der Waals surface area (Å²) in [6.07, 6.45) is 2.44. The first-order valence-electron chi connectivity index (χ1n) is 6.27. The Bertz CT molecular complexity index is 464. The summed E-state index contributed by atoms with van der Waals surface area (Å²) < 4.78 is 0. The zero-order chi connectivity index (χ0) is 12.7. The Balaban J connectivity index is 1.78. The molecule has 2 aliphatic heterocycles. The maximum Gasteiger partial charge on any atom is 0.0653 e. The molecule has 2 saturated heterocycles. The van der Waals surface area contributed by atoms with Crippen LogP contribution in [0.15, 0.2) is 12.1 Å². The van der Waals surface area contributed by atoms with Crippen LogP contribution in [-0.2, 0) is 0 Å². The summed E-state index contributed by atoms with van der Waals surface area (Å²) in [5.41, 5.74) is 0.899. The Morgan fingerprint density at radius 1 is 1.00 bits per heavy atom. The summed E-state index contributed by atoms with van der Waals surface area (Å²) in [6.45, 7) is 3.61. The van der Waals surface area contributed by atoms with Gasteiger partial charge in [-0.25, -0.2) is 0 Å². The highest BCUT2D eigenvalue weighted by Crippen LogP contribution is 2.35. The average Bonchev–Trinajstić information content (AvgIpc) is 2.72. The van der Waals surface area contributed by atoms with Gasteiger partial charge in [0.05, 0.1) is 20.8 Å². The molecule has 3 atom stereocenters. The Labute approximate surface area is 122 Å². The normalized spacial score (nSPS) is 30.5. The molecular weight excluding hydrogens is 291 g/mol. The predicted molar refractivity (Wildman–Crippen MR) is 78.0 cm³/mol. The van der Waals surface area contributed by atoms with Gasteiger partial charge in [0, 0.05) is 19.1 Å². The zero-order valence-electron chi connectivity index (χ0n) is 9.93. The van der Waals surface area contributed by atoms with E-state index in [2.05, 4.69) is 10.2 Å². The molecule has 1 aromatic carbocycles. The van der Waals surface area contributed by atoms with E-state index in [0.717, 1.165) is 11.6 Å². The summed E-state index contributed by atoms with van der Waals surface area (Å²) >= 11 is 18.2. The SMILES string of the molecule is Clc1cc(Cl)c(NC2CCN3CCC2C3)cc1Cl. The largest absolute Gasteiger partial charge is 0.381 e. The molecule has 5 heteroatoms. The summed E-state index contributed by atoms with van der Waals surface area (Å²) in [7, 11) is 0. The third-order valence-corrected chi connectivity index (χ3v) is 5.02. The molecule has 0 aromatic heterocycles. The number of benzene rings is 1.